The fourth-order valence-corrected chi connectivity index (χ4v) is 5.32. The predicted molar refractivity (Wildman–Crippen MR) is 145 cm³/mol. The van der Waals surface area contributed by atoms with E-state index in [1.54, 1.807) is 4.68 Å². The number of carbonyl (C=O) groups excluding carboxylic acids is 1. The smallest absolute Gasteiger partial charge is 0.252 e. The van der Waals surface area contributed by atoms with Crippen molar-refractivity contribution < 1.29 is 4.79 Å². The molecule has 4 aromatic rings. The van der Waals surface area contributed by atoms with E-state index in [0.717, 1.165) is 52.1 Å². The van der Waals surface area contributed by atoms with Crippen molar-refractivity contribution in [3.05, 3.63) is 77.6 Å². The van der Waals surface area contributed by atoms with Crippen LogP contribution in [0.1, 0.15) is 41.4 Å². The lowest BCUT2D eigenvalue weighted by Gasteiger charge is -2.52. The molecule has 5 rings (SSSR count). The van der Waals surface area contributed by atoms with E-state index in [4.69, 9.17) is 4.98 Å². The summed E-state index contributed by atoms with van der Waals surface area (Å²) in [5.41, 5.74) is 6.52. The summed E-state index contributed by atoms with van der Waals surface area (Å²) in [4.78, 5) is 23.0. The number of rotatable bonds is 6. The minimum atomic E-state index is -0.209. The molecule has 36 heavy (non-hydrogen) atoms. The van der Waals surface area contributed by atoms with Crippen LogP contribution in [0, 0.1) is 6.92 Å². The first-order valence-corrected chi connectivity index (χ1v) is 12.4. The molecule has 0 saturated carbocycles. The summed E-state index contributed by atoms with van der Waals surface area (Å²) in [6.07, 6.45) is 3.77. The zero-order chi connectivity index (χ0) is 25.6. The van der Waals surface area contributed by atoms with Crippen molar-refractivity contribution in [2.24, 2.45) is 7.05 Å². The molecule has 0 unspecified atom stereocenters. The third-order valence-corrected chi connectivity index (χ3v) is 7.45. The number of likely N-dealkylation sites (tertiary alicyclic amines) is 1. The van der Waals surface area contributed by atoms with Crippen LogP contribution in [0.15, 0.2) is 60.9 Å². The molecule has 2 aromatic carbocycles. The summed E-state index contributed by atoms with van der Waals surface area (Å²) in [5.74, 6) is -0.0741. The number of nitrogens with one attached hydrogen (secondary N) is 1. The van der Waals surface area contributed by atoms with Crippen molar-refractivity contribution in [1.82, 2.24) is 25.0 Å². The molecule has 1 saturated heterocycles. The first-order chi connectivity index (χ1) is 17.1. The summed E-state index contributed by atoms with van der Waals surface area (Å²) in [6, 6.07) is 16.1. The second-order valence-corrected chi connectivity index (χ2v) is 10.4. The first-order valence-electron chi connectivity index (χ1n) is 12.4. The van der Waals surface area contributed by atoms with Gasteiger partial charge in [-0.1, -0.05) is 24.3 Å². The Balaban J connectivity index is 1.44. The van der Waals surface area contributed by atoms with Gasteiger partial charge in [0.25, 0.3) is 5.91 Å². The van der Waals surface area contributed by atoms with Crippen LogP contribution in [0.4, 0.5) is 5.69 Å². The first kappa shape index (κ1) is 24.0. The number of amides is 1. The highest BCUT2D eigenvalue weighted by atomic mass is 16.1. The SMILES string of the molecule is Cc1ccc(N(C)C2(C)CN(C)C2)cc1C(=O)N[C@H](C)c1cc(-c2cnn(C)c2)nc2ccccc12. The predicted octanol–water partition coefficient (Wildman–Crippen LogP) is 4.58. The molecule has 0 aliphatic carbocycles. The topological polar surface area (TPSA) is 66.3 Å². The molecule has 7 heteroatoms. The molecule has 186 valence electrons. The largest absolute Gasteiger partial charge is 0.367 e. The van der Waals surface area contributed by atoms with Crippen molar-refractivity contribution in [3.8, 4) is 11.3 Å². The molecule has 0 radical (unpaired) electrons. The molecule has 1 atom stereocenters. The molecular formula is C29H34N6O. The van der Waals surface area contributed by atoms with Gasteiger partial charge in [0.1, 0.15) is 0 Å². The van der Waals surface area contributed by atoms with Gasteiger partial charge in [0.15, 0.2) is 0 Å². The van der Waals surface area contributed by atoms with E-state index in [2.05, 4.69) is 59.4 Å². The van der Waals surface area contributed by atoms with Gasteiger partial charge < -0.3 is 15.1 Å². The summed E-state index contributed by atoms with van der Waals surface area (Å²) in [7, 11) is 6.14. The van der Waals surface area contributed by atoms with Crippen LogP contribution in [-0.2, 0) is 7.05 Å². The third-order valence-electron chi connectivity index (χ3n) is 7.45. The van der Waals surface area contributed by atoms with E-state index < -0.39 is 0 Å². The number of pyridine rings is 1. The summed E-state index contributed by atoms with van der Waals surface area (Å²) >= 11 is 0. The lowest BCUT2D eigenvalue weighted by Crippen LogP contribution is -2.66. The van der Waals surface area contributed by atoms with Gasteiger partial charge in [0.2, 0.25) is 0 Å². The Labute approximate surface area is 212 Å². The summed E-state index contributed by atoms with van der Waals surface area (Å²) in [6.45, 7) is 8.30. The van der Waals surface area contributed by atoms with Gasteiger partial charge in [-0.15, -0.1) is 0 Å². The Kier molecular flexibility index (Phi) is 6.04. The number of hydrogen-bond donors (Lipinski definition) is 1. The molecule has 7 nitrogen and oxygen atoms in total. The van der Waals surface area contributed by atoms with Gasteiger partial charge in [-0.25, -0.2) is 4.98 Å². The average Bonchev–Trinajstić information content (AvgIpc) is 3.28. The second kappa shape index (κ2) is 9.06. The van der Waals surface area contributed by atoms with Crippen molar-refractivity contribution in [3.63, 3.8) is 0 Å². The fraction of sp³-hybridized carbons (Fsp3) is 0.345. The minimum absolute atomic E-state index is 0.0731. The summed E-state index contributed by atoms with van der Waals surface area (Å²) < 4.78 is 1.77. The quantitative estimate of drug-likeness (QED) is 0.436. The van der Waals surface area contributed by atoms with E-state index in [1.165, 1.54) is 0 Å². The van der Waals surface area contributed by atoms with E-state index in [9.17, 15) is 4.79 Å². The molecule has 1 amide bonds. The highest BCUT2D eigenvalue weighted by molar-refractivity contribution is 5.97. The Hall–Kier alpha value is -3.71. The highest BCUT2D eigenvalue weighted by Crippen LogP contribution is 2.32. The van der Waals surface area contributed by atoms with Gasteiger partial charge in [-0.3, -0.25) is 9.48 Å². The van der Waals surface area contributed by atoms with Gasteiger partial charge in [-0.05, 0) is 63.2 Å². The van der Waals surface area contributed by atoms with Crippen molar-refractivity contribution in [1.29, 1.82) is 0 Å². The molecule has 1 fully saturated rings. The number of benzene rings is 2. The molecule has 0 bridgehead atoms. The number of aryl methyl sites for hydroxylation is 2. The van der Waals surface area contributed by atoms with Crippen LogP contribution in [-0.4, -0.2) is 58.3 Å². The zero-order valence-electron chi connectivity index (χ0n) is 21.9. The minimum Gasteiger partial charge on any atom is -0.367 e. The highest BCUT2D eigenvalue weighted by Gasteiger charge is 2.40. The number of nitrogens with zero attached hydrogens (tertiary/aromatic N) is 5. The van der Waals surface area contributed by atoms with Crippen molar-refractivity contribution in [2.75, 3.05) is 32.1 Å². The Morgan fingerprint density at radius 3 is 2.58 bits per heavy atom. The van der Waals surface area contributed by atoms with Crippen LogP contribution in [0.3, 0.4) is 0 Å². The number of carbonyl (C=O) groups is 1. The lowest BCUT2D eigenvalue weighted by atomic mass is 9.90. The number of aromatic nitrogens is 3. The van der Waals surface area contributed by atoms with E-state index in [-0.39, 0.29) is 17.5 Å². The number of likely N-dealkylation sites (N-methyl/N-ethyl adjacent to an activating group) is 2. The number of fused-ring (bicyclic) bond motifs is 1. The van der Waals surface area contributed by atoms with E-state index in [0.29, 0.717) is 5.56 Å². The third kappa shape index (κ3) is 4.35. The fourth-order valence-electron chi connectivity index (χ4n) is 5.32. The molecule has 1 aliphatic rings. The number of anilines is 1. The van der Waals surface area contributed by atoms with Crippen LogP contribution in [0.2, 0.25) is 0 Å². The van der Waals surface area contributed by atoms with E-state index in [1.807, 2.05) is 63.6 Å². The molecular weight excluding hydrogens is 448 g/mol. The monoisotopic (exact) mass is 482 g/mol. The molecule has 1 N–H and O–H groups in total. The standard InChI is InChI=1S/C29H34N6O/c1-19-11-12-22(35(6)29(3)17-33(4)18-29)13-24(19)28(36)31-20(2)25-14-27(21-15-30-34(5)16-21)32-26-10-8-7-9-23(25)26/h7-16,20H,17-18H2,1-6H3,(H,31,36)/t20-/m1/s1. The van der Waals surface area contributed by atoms with Crippen LogP contribution in [0.25, 0.3) is 22.2 Å². The van der Waals surface area contributed by atoms with Gasteiger partial charge in [0.05, 0.1) is 29.0 Å². The van der Waals surface area contributed by atoms with Crippen molar-refractivity contribution >= 4 is 22.5 Å². The number of hydrogen-bond acceptors (Lipinski definition) is 5. The van der Waals surface area contributed by atoms with Crippen LogP contribution >= 0.6 is 0 Å². The maximum absolute atomic E-state index is 13.5. The Bertz CT molecular complexity index is 1430. The number of para-hydroxylation sites is 1. The lowest BCUT2D eigenvalue weighted by molar-refractivity contribution is 0.0939. The Morgan fingerprint density at radius 2 is 1.89 bits per heavy atom. The van der Waals surface area contributed by atoms with Gasteiger partial charge >= 0.3 is 0 Å². The van der Waals surface area contributed by atoms with Gasteiger partial charge in [-0.2, -0.15) is 5.10 Å². The average molecular weight is 483 g/mol. The maximum atomic E-state index is 13.5. The molecule has 1 aliphatic heterocycles. The van der Waals surface area contributed by atoms with E-state index >= 15 is 0 Å². The van der Waals surface area contributed by atoms with Crippen LogP contribution in [0.5, 0.6) is 0 Å². The molecule has 0 spiro atoms. The van der Waals surface area contributed by atoms with Crippen LogP contribution < -0.4 is 10.2 Å². The molecule has 3 heterocycles. The second-order valence-electron chi connectivity index (χ2n) is 10.4. The van der Waals surface area contributed by atoms with Gasteiger partial charge in [0, 0.05) is 55.6 Å². The Morgan fingerprint density at radius 1 is 1.14 bits per heavy atom. The van der Waals surface area contributed by atoms with Crippen molar-refractivity contribution in [2.45, 2.75) is 32.4 Å². The maximum Gasteiger partial charge on any atom is 0.252 e. The normalized spacial score (nSPS) is 15.9. The summed E-state index contributed by atoms with van der Waals surface area (Å²) in [5, 5.41) is 8.59. The molecule has 2 aromatic heterocycles. The zero-order valence-corrected chi connectivity index (χ0v) is 21.9.